The lowest BCUT2D eigenvalue weighted by atomic mass is 9.62. The van der Waals surface area contributed by atoms with E-state index in [1.54, 1.807) is 0 Å². The van der Waals surface area contributed by atoms with Crippen molar-refractivity contribution < 1.29 is 4.74 Å². The zero-order chi connectivity index (χ0) is 16.9. The Morgan fingerprint density at radius 3 is 2.92 bits per heavy atom. The molecular formula is C20H19BrINO. The van der Waals surface area contributed by atoms with E-state index in [9.17, 15) is 0 Å². The number of benzene rings is 1. The Bertz CT molecular complexity index is 823. The lowest BCUT2D eigenvalue weighted by Crippen LogP contribution is -2.45. The summed E-state index contributed by atoms with van der Waals surface area (Å²) in [5, 5.41) is 0. The Morgan fingerprint density at radius 2 is 2.17 bits per heavy atom. The molecule has 4 rings (SSSR count). The van der Waals surface area contributed by atoms with Gasteiger partial charge in [-0.15, -0.1) is 0 Å². The average molecular weight is 496 g/mol. The lowest BCUT2D eigenvalue weighted by molar-refractivity contribution is 0.275. The molecule has 1 aromatic rings. The van der Waals surface area contributed by atoms with Gasteiger partial charge in [0, 0.05) is 10.4 Å². The molecule has 2 aliphatic heterocycles. The molecule has 0 saturated heterocycles. The van der Waals surface area contributed by atoms with Crippen molar-refractivity contribution >= 4 is 44.4 Å². The minimum absolute atomic E-state index is 0.184. The molecule has 0 radical (unpaired) electrons. The summed E-state index contributed by atoms with van der Waals surface area (Å²) in [6, 6.07) is 8.68. The number of aliphatic imine (C=N–C) groups is 1. The maximum atomic E-state index is 6.27. The van der Waals surface area contributed by atoms with Gasteiger partial charge in [-0.2, -0.15) is 0 Å². The van der Waals surface area contributed by atoms with Gasteiger partial charge in [0.15, 0.2) is 0 Å². The van der Waals surface area contributed by atoms with E-state index in [2.05, 4.69) is 94.9 Å². The summed E-state index contributed by atoms with van der Waals surface area (Å²) in [4.78, 5) is 4.96. The number of rotatable bonds is 2. The van der Waals surface area contributed by atoms with Crippen LogP contribution >= 0.6 is 38.5 Å². The molecule has 4 heteroatoms. The Labute approximate surface area is 165 Å². The first-order chi connectivity index (χ1) is 11.6. The second kappa shape index (κ2) is 6.13. The molecule has 124 valence electrons. The van der Waals surface area contributed by atoms with Crippen LogP contribution in [0.4, 0.5) is 0 Å². The van der Waals surface area contributed by atoms with Crippen LogP contribution in [-0.2, 0) is 10.2 Å². The number of fused-ring (bicyclic) bond motifs is 3. The van der Waals surface area contributed by atoms with Crippen molar-refractivity contribution in [1.29, 1.82) is 0 Å². The van der Waals surface area contributed by atoms with E-state index in [4.69, 9.17) is 9.73 Å². The van der Waals surface area contributed by atoms with Crippen LogP contribution in [0.1, 0.15) is 24.5 Å². The third-order valence-corrected chi connectivity index (χ3v) is 6.58. The van der Waals surface area contributed by atoms with E-state index < -0.39 is 0 Å². The summed E-state index contributed by atoms with van der Waals surface area (Å²) in [5.41, 5.74) is 3.61. The second-order valence-corrected chi connectivity index (χ2v) is 8.45. The zero-order valence-electron chi connectivity index (χ0n) is 13.7. The van der Waals surface area contributed by atoms with Gasteiger partial charge in [-0.1, -0.05) is 75.8 Å². The van der Waals surface area contributed by atoms with Crippen molar-refractivity contribution in [3.05, 3.63) is 69.6 Å². The number of nitrogens with zero attached hydrogens (tertiary/aromatic N) is 1. The number of allylic oxidation sites excluding steroid dienone is 6. The monoisotopic (exact) mass is 495 g/mol. The van der Waals surface area contributed by atoms with Gasteiger partial charge in [-0.25, -0.2) is 4.99 Å². The van der Waals surface area contributed by atoms with Crippen LogP contribution in [0.2, 0.25) is 0 Å². The molecule has 0 bridgehead atoms. The van der Waals surface area contributed by atoms with Crippen LogP contribution in [0.3, 0.4) is 0 Å². The van der Waals surface area contributed by atoms with Crippen molar-refractivity contribution in [1.82, 2.24) is 0 Å². The zero-order valence-corrected chi connectivity index (χ0v) is 17.5. The highest BCUT2D eigenvalue weighted by Crippen LogP contribution is 2.55. The number of ether oxygens (including phenoxy) is 1. The maximum absolute atomic E-state index is 6.27. The molecule has 3 atom stereocenters. The van der Waals surface area contributed by atoms with E-state index in [1.807, 2.05) is 0 Å². The first-order valence-electron chi connectivity index (χ1n) is 8.23. The lowest BCUT2D eigenvalue weighted by Gasteiger charge is -2.42. The van der Waals surface area contributed by atoms with Crippen LogP contribution in [0, 0.1) is 18.8 Å². The third kappa shape index (κ3) is 2.37. The van der Waals surface area contributed by atoms with E-state index >= 15 is 0 Å². The Morgan fingerprint density at radius 1 is 1.38 bits per heavy atom. The molecule has 0 fully saturated rings. The van der Waals surface area contributed by atoms with Gasteiger partial charge in [0.1, 0.15) is 5.76 Å². The predicted octanol–water partition coefficient (Wildman–Crippen LogP) is 5.81. The van der Waals surface area contributed by atoms with Gasteiger partial charge in [0.05, 0.1) is 15.5 Å². The topological polar surface area (TPSA) is 21.6 Å². The Hall–Kier alpha value is -0.880. The molecule has 1 aromatic carbocycles. The predicted molar refractivity (Wildman–Crippen MR) is 111 cm³/mol. The van der Waals surface area contributed by atoms with Crippen molar-refractivity contribution in [2.24, 2.45) is 16.8 Å². The fourth-order valence-corrected chi connectivity index (χ4v) is 5.48. The second-order valence-electron chi connectivity index (χ2n) is 6.77. The Balaban J connectivity index is 1.94. The van der Waals surface area contributed by atoms with Crippen LogP contribution in [0.5, 0.6) is 0 Å². The van der Waals surface area contributed by atoms with Gasteiger partial charge in [-0.3, -0.25) is 0 Å². The average Bonchev–Trinajstić information content (AvgIpc) is 2.88. The first kappa shape index (κ1) is 16.6. The van der Waals surface area contributed by atoms with Crippen molar-refractivity contribution in [3.63, 3.8) is 0 Å². The molecule has 0 saturated carbocycles. The quantitative estimate of drug-likeness (QED) is 0.374. The van der Waals surface area contributed by atoms with Crippen LogP contribution in [-0.4, -0.2) is 10.3 Å². The fourth-order valence-electron chi connectivity index (χ4n) is 4.37. The fraction of sp³-hybridized carbons (Fsp3) is 0.350. The molecular weight excluding hydrogens is 477 g/mol. The van der Waals surface area contributed by atoms with E-state index in [-0.39, 0.29) is 5.41 Å². The molecule has 0 amide bonds. The molecule has 1 aliphatic carbocycles. The van der Waals surface area contributed by atoms with Gasteiger partial charge in [-0.05, 0) is 42.5 Å². The normalized spacial score (nSPS) is 31.2. The largest absolute Gasteiger partial charge is 0.446 e. The van der Waals surface area contributed by atoms with E-state index in [1.165, 1.54) is 11.1 Å². The minimum Gasteiger partial charge on any atom is -0.446 e. The van der Waals surface area contributed by atoms with Crippen molar-refractivity contribution in [3.8, 4) is 0 Å². The van der Waals surface area contributed by atoms with Gasteiger partial charge >= 0.3 is 0 Å². The summed E-state index contributed by atoms with van der Waals surface area (Å²) >= 11 is 5.99. The standard InChI is InChI=1S/C20H19BrINO/c1-12-5-3-4-6-16(12)20-8-7-15(11-22)24-19(20)23-17-10-14(21)9-13(2)18(17)20/h3-7,9-10,13,18H,8,11H2,1-2H3/t13?,18?,20-/m1/s1. The Kier molecular flexibility index (Phi) is 4.23. The molecule has 0 N–H and O–H groups in total. The highest BCUT2D eigenvalue weighted by atomic mass is 127. The molecule has 2 nitrogen and oxygen atoms in total. The molecule has 2 unspecified atom stereocenters. The SMILES string of the molecule is Cc1ccccc1[C@@]12CC=C(CI)OC1=NC1=CC(Br)=CC(C)C12. The highest BCUT2D eigenvalue weighted by molar-refractivity contribution is 14.1. The molecule has 24 heavy (non-hydrogen) atoms. The van der Waals surface area contributed by atoms with E-state index in [0.29, 0.717) is 11.8 Å². The van der Waals surface area contributed by atoms with Crippen LogP contribution < -0.4 is 0 Å². The highest BCUT2D eigenvalue weighted by Gasteiger charge is 2.56. The molecule has 0 aromatic heterocycles. The van der Waals surface area contributed by atoms with Crippen LogP contribution in [0.25, 0.3) is 0 Å². The molecule has 2 heterocycles. The number of alkyl halides is 1. The summed E-state index contributed by atoms with van der Waals surface area (Å²) < 4.78 is 8.27. The summed E-state index contributed by atoms with van der Waals surface area (Å²) in [6.45, 7) is 4.48. The maximum Gasteiger partial charge on any atom is 0.206 e. The van der Waals surface area contributed by atoms with E-state index in [0.717, 1.165) is 32.7 Å². The van der Waals surface area contributed by atoms with Gasteiger partial charge in [0.2, 0.25) is 5.90 Å². The smallest absolute Gasteiger partial charge is 0.206 e. The number of aryl methyl sites for hydroxylation is 1. The van der Waals surface area contributed by atoms with Gasteiger partial charge < -0.3 is 4.74 Å². The summed E-state index contributed by atoms with van der Waals surface area (Å²) in [6.07, 6.45) is 7.67. The van der Waals surface area contributed by atoms with Crippen molar-refractivity contribution in [2.75, 3.05) is 4.43 Å². The number of halogens is 2. The van der Waals surface area contributed by atoms with Gasteiger partial charge in [0.25, 0.3) is 0 Å². The molecule has 3 aliphatic rings. The third-order valence-electron chi connectivity index (χ3n) is 5.33. The first-order valence-corrected chi connectivity index (χ1v) is 10.5. The molecule has 0 spiro atoms. The number of hydrogen-bond acceptors (Lipinski definition) is 2. The van der Waals surface area contributed by atoms with Crippen LogP contribution in [0.15, 0.2) is 63.4 Å². The summed E-state index contributed by atoms with van der Waals surface area (Å²) in [5.74, 6) is 2.63. The number of hydrogen-bond donors (Lipinski definition) is 0. The van der Waals surface area contributed by atoms with Crippen molar-refractivity contribution in [2.45, 2.75) is 25.7 Å². The summed E-state index contributed by atoms with van der Waals surface area (Å²) in [7, 11) is 0. The minimum atomic E-state index is -0.184.